The normalized spacial score (nSPS) is 10.4. The summed E-state index contributed by atoms with van der Waals surface area (Å²) in [4.78, 5) is 0. The molecule has 90 valence electrons. The minimum absolute atomic E-state index is 0.195. The number of allylic oxidation sites excluding steroid dienone is 2. The Kier molecular flexibility index (Phi) is 20.9. The lowest BCUT2D eigenvalue weighted by Gasteiger charge is -1.85. The monoisotopic (exact) mass is 216 g/mol. The molecule has 0 radical (unpaired) electrons. The molecule has 0 aliphatic rings. The minimum atomic E-state index is 0.195. The van der Waals surface area contributed by atoms with Gasteiger partial charge in [0.2, 0.25) is 0 Å². The molecule has 0 aromatic carbocycles. The van der Waals surface area contributed by atoms with Crippen molar-refractivity contribution in [2.75, 3.05) is 13.2 Å². The molecule has 0 aromatic heterocycles. The highest BCUT2D eigenvalue weighted by molar-refractivity contribution is 4.77. The number of aliphatic hydroxyl groups excluding tert-OH is 2. The van der Waals surface area contributed by atoms with Crippen LogP contribution >= 0.6 is 0 Å². The highest BCUT2D eigenvalue weighted by Crippen LogP contribution is 1.85. The molecule has 0 aliphatic heterocycles. The van der Waals surface area contributed by atoms with Crippen molar-refractivity contribution in [1.29, 1.82) is 0 Å². The van der Waals surface area contributed by atoms with Crippen molar-refractivity contribution in [3.05, 3.63) is 24.7 Å². The van der Waals surface area contributed by atoms with E-state index in [0.29, 0.717) is 0 Å². The predicted octanol–water partition coefficient (Wildman–Crippen LogP) is 2.60. The third kappa shape index (κ3) is 24.6. The van der Waals surface area contributed by atoms with Crippen LogP contribution in [0.2, 0.25) is 0 Å². The molecule has 0 bridgehead atoms. The van der Waals surface area contributed by atoms with Crippen LogP contribution in [-0.2, 0) is 4.74 Å². The number of unbranched alkanes of at least 4 members (excludes halogenated alkanes) is 1. The highest BCUT2D eigenvalue weighted by Gasteiger charge is 1.77. The standard InChI is InChI=1S/C8H14O.C4H10O2/c1-3-5-7-9-8-6-4-2;5-3-1-2-4-6/h5-8H,3-4H2,1-2H3;5-6H,1-4H2/b7-5+,8-6+;. The third-order valence-electron chi connectivity index (χ3n) is 1.39. The van der Waals surface area contributed by atoms with E-state index in [0.717, 1.165) is 25.7 Å². The number of aliphatic hydroxyl groups is 2. The summed E-state index contributed by atoms with van der Waals surface area (Å²) in [5, 5.41) is 16.2. The Morgan fingerprint density at radius 2 is 1.27 bits per heavy atom. The Labute approximate surface area is 93.1 Å². The fourth-order valence-electron chi connectivity index (χ4n) is 0.573. The summed E-state index contributed by atoms with van der Waals surface area (Å²) in [7, 11) is 0. The van der Waals surface area contributed by atoms with Gasteiger partial charge in [-0.2, -0.15) is 0 Å². The van der Waals surface area contributed by atoms with Gasteiger partial charge in [0.05, 0.1) is 12.5 Å². The second kappa shape index (κ2) is 18.9. The van der Waals surface area contributed by atoms with E-state index in [2.05, 4.69) is 13.8 Å². The summed E-state index contributed by atoms with van der Waals surface area (Å²) >= 11 is 0. The molecular weight excluding hydrogens is 192 g/mol. The molecule has 0 saturated heterocycles. The largest absolute Gasteiger partial charge is 0.473 e. The van der Waals surface area contributed by atoms with Crippen molar-refractivity contribution in [3.63, 3.8) is 0 Å². The van der Waals surface area contributed by atoms with E-state index in [4.69, 9.17) is 14.9 Å². The van der Waals surface area contributed by atoms with Crippen LogP contribution in [-0.4, -0.2) is 23.4 Å². The van der Waals surface area contributed by atoms with Crippen molar-refractivity contribution < 1.29 is 14.9 Å². The first-order valence-electron chi connectivity index (χ1n) is 5.50. The van der Waals surface area contributed by atoms with E-state index in [9.17, 15) is 0 Å². The molecule has 3 nitrogen and oxygen atoms in total. The minimum Gasteiger partial charge on any atom is -0.473 e. The van der Waals surface area contributed by atoms with Crippen molar-refractivity contribution in [1.82, 2.24) is 0 Å². The first-order valence-corrected chi connectivity index (χ1v) is 5.50. The van der Waals surface area contributed by atoms with E-state index >= 15 is 0 Å². The molecule has 0 atom stereocenters. The zero-order valence-electron chi connectivity index (χ0n) is 9.85. The molecule has 0 aliphatic carbocycles. The molecule has 0 amide bonds. The number of ether oxygens (including phenoxy) is 1. The Balaban J connectivity index is 0. The molecule has 0 heterocycles. The van der Waals surface area contributed by atoms with Gasteiger partial charge in [-0.25, -0.2) is 0 Å². The first-order chi connectivity index (χ1) is 7.33. The van der Waals surface area contributed by atoms with Gasteiger partial charge in [-0.15, -0.1) is 0 Å². The fourth-order valence-corrected chi connectivity index (χ4v) is 0.573. The molecule has 15 heavy (non-hydrogen) atoms. The van der Waals surface area contributed by atoms with Crippen LogP contribution in [0.15, 0.2) is 24.7 Å². The smallest absolute Gasteiger partial charge is 0.0861 e. The van der Waals surface area contributed by atoms with Gasteiger partial charge in [-0.05, 0) is 37.8 Å². The van der Waals surface area contributed by atoms with Crippen molar-refractivity contribution >= 4 is 0 Å². The Morgan fingerprint density at radius 1 is 0.867 bits per heavy atom. The molecule has 0 fully saturated rings. The fraction of sp³-hybridized carbons (Fsp3) is 0.667. The van der Waals surface area contributed by atoms with Crippen molar-refractivity contribution in [2.24, 2.45) is 0 Å². The lowest BCUT2D eigenvalue weighted by atomic mass is 10.3. The highest BCUT2D eigenvalue weighted by atomic mass is 16.5. The summed E-state index contributed by atoms with van der Waals surface area (Å²) < 4.78 is 4.95. The van der Waals surface area contributed by atoms with E-state index in [1.807, 2.05) is 12.2 Å². The maximum atomic E-state index is 8.09. The van der Waals surface area contributed by atoms with E-state index in [1.165, 1.54) is 0 Å². The Morgan fingerprint density at radius 3 is 1.53 bits per heavy atom. The molecule has 0 rings (SSSR count). The summed E-state index contributed by atoms with van der Waals surface area (Å²) in [5.74, 6) is 0. The SMILES string of the molecule is CC/C=C/O/C=C/CC.OCCCCO. The van der Waals surface area contributed by atoms with Gasteiger partial charge in [-0.1, -0.05) is 13.8 Å². The second-order valence-electron chi connectivity index (χ2n) is 2.85. The zero-order chi connectivity index (χ0) is 11.8. The molecule has 0 saturated carbocycles. The predicted molar refractivity (Wildman–Crippen MR) is 63.4 cm³/mol. The average molecular weight is 216 g/mol. The quantitative estimate of drug-likeness (QED) is 0.508. The lowest BCUT2D eigenvalue weighted by Crippen LogP contribution is -1.85. The maximum Gasteiger partial charge on any atom is 0.0861 e. The summed E-state index contributed by atoms with van der Waals surface area (Å²) in [5.41, 5.74) is 0. The van der Waals surface area contributed by atoms with Crippen LogP contribution in [0, 0.1) is 0 Å². The van der Waals surface area contributed by atoms with Gasteiger partial charge >= 0.3 is 0 Å². The van der Waals surface area contributed by atoms with Crippen molar-refractivity contribution in [2.45, 2.75) is 39.5 Å². The second-order valence-corrected chi connectivity index (χ2v) is 2.85. The van der Waals surface area contributed by atoms with Crippen molar-refractivity contribution in [3.8, 4) is 0 Å². The van der Waals surface area contributed by atoms with Crippen LogP contribution < -0.4 is 0 Å². The molecule has 2 N–H and O–H groups in total. The summed E-state index contributed by atoms with van der Waals surface area (Å²) in [6.07, 6.45) is 10.8. The summed E-state index contributed by atoms with van der Waals surface area (Å²) in [6, 6.07) is 0. The van der Waals surface area contributed by atoms with Crippen LogP contribution in [0.1, 0.15) is 39.5 Å². The van der Waals surface area contributed by atoms with Gasteiger partial charge in [0, 0.05) is 13.2 Å². The Hall–Kier alpha value is -0.800. The summed E-state index contributed by atoms with van der Waals surface area (Å²) in [6.45, 7) is 4.54. The van der Waals surface area contributed by atoms with Crippen LogP contribution in [0.5, 0.6) is 0 Å². The number of hydrogen-bond donors (Lipinski definition) is 2. The van der Waals surface area contributed by atoms with Gasteiger partial charge < -0.3 is 14.9 Å². The number of rotatable bonds is 7. The average Bonchev–Trinajstić information content (AvgIpc) is 2.27. The maximum absolute atomic E-state index is 8.09. The molecule has 0 unspecified atom stereocenters. The van der Waals surface area contributed by atoms with E-state index in [-0.39, 0.29) is 13.2 Å². The van der Waals surface area contributed by atoms with Crippen LogP contribution in [0.4, 0.5) is 0 Å². The molecular formula is C12H24O3. The van der Waals surface area contributed by atoms with Gasteiger partial charge in [0.15, 0.2) is 0 Å². The first kappa shape index (κ1) is 16.6. The third-order valence-corrected chi connectivity index (χ3v) is 1.39. The lowest BCUT2D eigenvalue weighted by molar-refractivity contribution is 0.242. The van der Waals surface area contributed by atoms with Gasteiger partial charge in [0.1, 0.15) is 0 Å². The Bertz CT molecular complexity index is 126. The number of hydrogen-bond acceptors (Lipinski definition) is 3. The van der Waals surface area contributed by atoms with Gasteiger partial charge in [-0.3, -0.25) is 0 Å². The zero-order valence-corrected chi connectivity index (χ0v) is 9.85. The van der Waals surface area contributed by atoms with Gasteiger partial charge in [0.25, 0.3) is 0 Å². The van der Waals surface area contributed by atoms with Crippen LogP contribution in [0.25, 0.3) is 0 Å². The van der Waals surface area contributed by atoms with E-state index < -0.39 is 0 Å². The van der Waals surface area contributed by atoms with E-state index in [1.54, 1.807) is 12.5 Å². The van der Waals surface area contributed by atoms with Crippen LogP contribution in [0.3, 0.4) is 0 Å². The molecule has 3 heteroatoms. The molecule has 0 aromatic rings. The topological polar surface area (TPSA) is 49.7 Å². The molecule has 0 spiro atoms.